The summed E-state index contributed by atoms with van der Waals surface area (Å²) in [7, 11) is 0. The van der Waals surface area contributed by atoms with Crippen LogP contribution in [0.3, 0.4) is 0 Å². The molecule has 2 rings (SSSR count). The van der Waals surface area contributed by atoms with Crippen molar-refractivity contribution >= 4 is 29.2 Å². The lowest BCUT2D eigenvalue weighted by Gasteiger charge is -2.16. The van der Waals surface area contributed by atoms with E-state index in [1.54, 1.807) is 0 Å². The lowest BCUT2D eigenvalue weighted by molar-refractivity contribution is -0.115. The zero-order valence-corrected chi connectivity index (χ0v) is 16.4. The van der Waals surface area contributed by atoms with Crippen LogP contribution in [0.1, 0.15) is 50.7 Å². The van der Waals surface area contributed by atoms with Gasteiger partial charge < -0.3 is 5.32 Å². The van der Waals surface area contributed by atoms with Gasteiger partial charge in [0.2, 0.25) is 0 Å². The Morgan fingerprint density at radius 2 is 1.77 bits per heavy atom. The molecule has 0 radical (unpaired) electrons. The van der Waals surface area contributed by atoms with Gasteiger partial charge in [0.25, 0.3) is 5.91 Å². The Balaban J connectivity index is 2.21. The van der Waals surface area contributed by atoms with Gasteiger partial charge in [0.05, 0.1) is 0 Å². The van der Waals surface area contributed by atoms with E-state index in [4.69, 9.17) is 11.6 Å². The molecular weight excluding hydrogens is 342 g/mol. The number of carbonyl (C=O) groups is 1. The Morgan fingerprint density at radius 1 is 1.08 bits per heavy atom. The third kappa shape index (κ3) is 6.03. The van der Waals surface area contributed by atoms with Gasteiger partial charge in [-0.1, -0.05) is 93.2 Å². The summed E-state index contributed by atoms with van der Waals surface area (Å²) >= 11 is 6.29. The molecule has 0 aromatic heterocycles. The van der Waals surface area contributed by atoms with Crippen LogP contribution in [0.15, 0.2) is 54.6 Å². The second-order valence-electron chi connectivity index (χ2n) is 6.57. The fraction of sp³-hybridized carbons (Fsp3) is 0.348. The molecule has 1 unspecified atom stereocenters. The second kappa shape index (κ2) is 10.8. The molecule has 0 aliphatic heterocycles. The molecule has 0 heterocycles. The number of amides is 1. The molecule has 0 saturated carbocycles. The fourth-order valence-corrected chi connectivity index (χ4v) is 3.11. The Bertz CT molecular complexity index is 724. The molecule has 0 aliphatic rings. The van der Waals surface area contributed by atoms with Crippen LogP contribution in [-0.4, -0.2) is 12.5 Å². The van der Waals surface area contributed by atoms with E-state index in [0.29, 0.717) is 23.1 Å². The van der Waals surface area contributed by atoms with Crippen LogP contribution in [0.25, 0.3) is 11.6 Å². The minimum absolute atomic E-state index is 0.0499. The van der Waals surface area contributed by atoms with Gasteiger partial charge in [-0.25, -0.2) is 0 Å². The van der Waals surface area contributed by atoms with Crippen molar-refractivity contribution in [1.82, 2.24) is 5.32 Å². The van der Waals surface area contributed by atoms with Gasteiger partial charge in [0.15, 0.2) is 0 Å². The van der Waals surface area contributed by atoms with Crippen molar-refractivity contribution in [2.45, 2.75) is 39.5 Å². The Morgan fingerprint density at radius 3 is 2.42 bits per heavy atom. The molecule has 1 atom stereocenters. The minimum Gasteiger partial charge on any atom is -0.352 e. The summed E-state index contributed by atoms with van der Waals surface area (Å²) in [5.41, 5.74) is 2.39. The number of unbranched alkanes of at least 4 members (excludes halogenated alkanes) is 1. The highest BCUT2D eigenvalue weighted by Gasteiger charge is 2.14. The molecule has 1 amide bonds. The van der Waals surface area contributed by atoms with E-state index in [0.717, 1.165) is 24.0 Å². The molecule has 0 saturated heterocycles. The molecule has 2 aromatic rings. The second-order valence-corrected chi connectivity index (χ2v) is 6.98. The SMILES string of the molecule is CCCCC(CC)CNC(=O)/C(=C/c1ccccc1Cl)c1ccccc1. The van der Waals surface area contributed by atoms with Crippen LogP contribution < -0.4 is 5.32 Å². The zero-order chi connectivity index (χ0) is 18.8. The maximum Gasteiger partial charge on any atom is 0.251 e. The van der Waals surface area contributed by atoms with Crippen molar-refractivity contribution in [2.75, 3.05) is 6.54 Å². The minimum atomic E-state index is -0.0499. The van der Waals surface area contributed by atoms with Gasteiger partial charge in [-0.05, 0) is 35.6 Å². The number of carbonyl (C=O) groups excluding carboxylic acids is 1. The number of halogens is 1. The number of nitrogens with one attached hydrogen (secondary N) is 1. The number of rotatable bonds is 9. The lowest BCUT2D eigenvalue weighted by atomic mass is 9.98. The molecule has 1 N–H and O–H groups in total. The zero-order valence-electron chi connectivity index (χ0n) is 15.7. The molecular formula is C23H28ClNO. The van der Waals surface area contributed by atoms with Crippen LogP contribution in [0.2, 0.25) is 5.02 Å². The highest BCUT2D eigenvalue weighted by atomic mass is 35.5. The van der Waals surface area contributed by atoms with Crippen LogP contribution in [0.5, 0.6) is 0 Å². The average Bonchev–Trinajstić information content (AvgIpc) is 2.68. The first-order valence-corrected chi connectivity index (χ1v) is 9.83. The smallest absolute Gasteiger partial charge is 0.251 e. The fourth-order valence-electron chi connectivity index (χ4n) is 2.92. The van der Waals surface area contributed by atoms with Gasteiger partial charge in [0, 0.05) is 17.1 Å². The monoisotopic (exact) mass is 369 g/mol. The van der Waals surface area contributed by atoms with Gasteiger partial charge in [-0.15, -0.1) is 0 Å². The Hall–Kier alpha value is -2.06. The summed E-state index contributed by atoms with van der Waals surface area (Å²) in [5.74, 6) is 0.474. The van der Waals surface area contributed by atoms with Crippen LogP contribution in [-0.2, 0) is 4.79 Å². The van der Waals surface area contributed by atoms with Crippen molar-refractivity contribution in [2.24, 2.45) is 5.92 Å². The number of hydrogen-bond acceptors (Lipinski definition) is 1. The predicted molar refractivity (Wildman–Crippen MR) is 112 cm³/mol. The summed E-state index contributed by atoms with van der Waals surface area (Å²) in [4.78, 5) is 12.9. The first-order chi connectivity index (χ1) is 12.7. The van der Waals surface area contributed by atoms with E-state index in [1.807, 2.05) is 60.7 Å². The average molecular weight is 370 g/mol. The van der Waals surface area contributed by atoms with Crippen molar-refractivity contribution in [3.05, 3.63) is 70.7 Å². The van der Waals surface area contributed by atoms with Crippen molar-refractivity contribution in [1.29, 1.82) is 0 Å². The Kier molecular flexibility index (Phi) is 8.43. The van der Waals surface area contributed by atoms with Crippen LogP contribution in [0.4, 0.5) is 0 Å². The third-order valence-electron chi connectivity index (χ3n) is 4.63. The van der Waals surface area contributed by atoms with Crippen molar-refractivity contribution in [3.63, 3.8) is 0 Å². The maximum atomic E-state index is 12.9. The normalized spacial score (nSPS) is 12.7. The van der Waals surface area contributed by atoms with Crippen molar-refractivity contribution < 1.29 is 4.79 Å². The Labute approximate surface area is 162 Å². The molecule has 2 aromatic carbocycles. The molecule has 3 heteroatoms. The topological polar surface area (TPSA) is 29.1 Å². The first kappa shape index (κ1) is 20.3. The van der Waals surface area contributed by atoms with E-state index in [2.05, 4.69) is 19.2 Å². The lowest BCUT2D eigenvalue weighted by Crippen LogP contribution is -2.29. The van der Waals surface area contributed by atoms with Crippen LogP contribution in [0, 0.1) is 5.92 Å². The highest BCUT2D eigenvalue weighted by Crippen LogP contribution is 2.23. The number of benzene rings is 2. The van der Waals surface area contributed by atoms with Crippen molar-refractivity contribution in [3.8, 4) is 0 Å². The number of hydrogen-bond donors (Lipinski definition) is 1. The van der Waals surface area contributed by atoms with Gasteiger partial charge in [0.1, 0.15) is 0 Å². The quantitative estimate of drug-likeness (QED) is 0.413. The highest BCUT2D eigenvalue weighted by molar-refractivity contribution is 6.33. The standard InChI is InChI=1S/C23H28ClNO/c1-3-5-11-18(4-2)17-25-23(26)21(19-12-7-6-8-13-19)16-20-14-9-10-15-22(20)24/h6-10,12-16,18H,3-5,11,17H2,1-2H3,(H,25,26)/b21-16+. The summed E-state index contributed by atoms with van der Waals surface area (Å²) < 4.78 is 0. The summed E-state index contributed by atoms with van der Waals surface area (Å²) in [5, 5.41) is 3.77. The predicted octanol–water partition coefficient (Wildman–Crippen LogP) is 6.21. The molecule has 0 bridgehead atoms. The van der Waals surface area contributed by atoms with E-state index in [-0.39, 0.29) is 5.91 Å². The largest absolute Gasteiger partial charge is 0.352 e. The molecule has 0 fully saturated rings. The van der Waals surface area contributed by atoms with E-state index < -0.39 is 0 Å². The first-order valence-electron chi connectivity index (χ1n) is 9.45. The van der Waals surface area contributed by atoms with E-state index >= 15 is 0 Å². The van der Waals surface area contributed by atoms with E-state index in [9.17, 15) is 4.79 Å². The molecule has 26 heavy (non-hydrogen) atoms. The molecule has 138 valence electrons. The third-order valence-corrected chi connectivity index (χ3v) is 4.97. The maximum absolute atomic E-state index is 12.9. The molecule has 0 spiro atoms. The van der Waals surface area contributed by atoms with Gasteiger partial charge >= 0.3 is 0 Å². The molecule has 0 aliphatic carbocycles. The summed E-state index contributed by atoms with van der Waals surface area (Å²) in [6, 6.07) is 17.3. The summed E-state index contributed by atoms with van der Waals surface area (Å²) in [6.45, 7) is 5.09. The van der Waals surface area contributed by atoms with E-state index in [1.165, 1.54) is 12.8 Å². The molecule has 2 nitrogen and oxygen atoms in total. The van der Waals surface area contributed by atoms with Gasteiger partial charge in [-0.2, -0.15) is 0 Å². The van der Waals surface area contributed by atoms with Crippen LogP contribution >= 0.6 is 11.6 Å². The van der Waals surface area contributed by atoms with Gasteiger partial charge in [-0.3, -0.25) is 4.79 Å². The summed E-state index contributed by atoms with van der Waals surface area (Å²) in [6.07, 6.45) is 6.50.